The molecule has 0 atom stereocenters. The summed E-state index contributed by atoms with van der Waals surface area (Å²) >= 11 is 0. The molecule has 1 rings (SSSR count). The van der Waals surface area contributed by atoms with Gasteiger partial charge in [0.2, 0.25) is 0 Å². The number of ketones is 1. The van der Waals surface area contributed by atoms with Crippen molar-refractivity contribution in [3.63, 3.8) is 0 Å². The fourth-order valence-corrected chi connectivity index (χ4v) is 2.20. The zero-order valence-electron chi connectivity index (χ0n) is 11.1. The van der Waals surface area contributed by atoms with Crippen LogP contribution in [0.5, 0.6) is 0 Å². The van der Waals surface area contributed by atoms with Gasteiger partial charge in [-0.1, -0.05) is 39.2 Å². The van der Waals surface area contributed by atoms with Crippen LogP contribution >= 0.6 is 0 Å². The molecular formula is C14H23NO2. The highest BCUT2D eigenvalue weighted by Gasteiger charge is 2.20. The number of amides is 1. The van der Waals surface area contributed by atoms with Gasteiger partial charge in [-0.05, 0) is 25.7 Å². The highest BCUT2D eigenvalue weighted by Crippen LogP contribution is 2.18. The van der Waals surface area contributed by atoms with Crippen LogP contribution in [0.15, 0.2) is 11.6 Å². The number of carbonyl (C=O) groups excluding carboxylic acids is 2. The summed E-state index contributed by atoms with van der Waals surface area (Å²) in [6, 6.07) is 0.256. The maximum atomic E-state index is 12.0. The molecule has 1 N–H and O–H groups in total. The lowest BCUT2D eigenvalue weighted by Gasteiger charge is -2.23. The van der Waals surface area contributed by atoms with Crippen LogP contribution in [-0.2, 0) is 9.59 Å². The van der Waals surface area contributed by atoms with E-state index in [9.17, 15) is 9.59 Å². The Morgan fingerprint density at radius 1 is 1.18 bits per heavy atom. The maximum Gasteiger partial charge on any atom is 0.254 e. The molecular weight excluding hydrogens is 214 g/mol. The van der Waals surface area contributed by atoms with Crippen molar-refractivity contribution in [2.75, 3.05) is 0 Å². The van der Waals surface area contributed by atoms with Gasteiger partial charge in [0.1, 0.15) is 0 Å². The van der Waals surface area contributed by atoms with E-state index in [1.807, 2.05) is 13.8 Å². The fourth-order valence-electron chi connectivity index (χ4n) is 2.20. The molecule has 1 saturated carbocycles. The molecule has 0 unspecified atom stereocenters. The second-order valence-electron chi connectivity index (χ2n) is 5.19. The molecule has 0 aliphatic heterocycles. The Hall–Kier alpha value is -1.12. The lowest BCUT2D eigenvalue weighted by Crippen LogP contribution is -2.38. The van der Waals surface area contributed by atoms with Crippen molar-refractivity contribution in [3.8, 4) is 0 Å². The van der Waals surface area contributed by atoms with E-state index in [-0.39, 0.29) is 23.7 Å². The largest absolute Gasteiger partial charge is 0.349 e. The molecule has 0 heterocycles. The molecule has 1 amide bonds. The van der Waals surface area contributed by atoms with E-state index in [0.717, 1.165) is 12.8 Å². The molecule has 96 valence electrons. The Morgan fingerprint density at radius 2 is 1.76 bits per heavy atom. The lowest BCUT2D eigenvalue weighted by molar-refractivity contribution is -0.122. The number of allylic oxidation sites excluding steroid dienone is 1. The molecule has 0 aromatic rings. The monoisotopic (exact) mass is 237 g/mol. The number of nitrogens with one attached hydrogen (secondary N) is 1. The third-order valence-electron chi connectivity index (χ3n) is 3.06. The third-order valence-corrected chi connectivity index (χ3v) is 3.06. The van der Waals surface area contributed by atoms with Gasteiger partial charge in [-0.2, -0.15) is 0 Å². The lowest BCUT2D eigenvalue weighted by atomic mass is 9.95. The Kier molecular flexibility index (Phi) is 5.39. The topological polar surface area (TPSA) is 46.2 Å². The molecule has 0 aromatic carbocycles. The first-order chi connectivity index (χ1) is 8.00. The van der Waals surface area contributed by atoms with Gasteiger partial charge in [0, 0.05) is 6.04 Å². The minimum atomic E-state index is -0.196. The van der Waals surface area contributed by atoms with Gasteiger partial charge in [-0.25, -0.2) is 0 Å². The first-order valence-corrected chi connectivity index (χ1v) is 6.54. The second-order valence-corrected chi connectivity index (χ2v) is 5.19. The molecule has 0 radical (unpaired) electrons. The van der Waals surface area contributed by atoms with Crippen LogP contribution in [0.2, 0.25) is 0 Å². The van der Waals surface area contributed by atoms with Crippen molar-refractivity contribution in [1.82, 2.24) is 5.32 Å². The Balaban J connectivity index is 2.62. The Morgan fingerprint density at radius 3 is 2.24 bits per heavy atom. The van der Waals surface area contributed by atoms with E-state index < -0.39 is 0 Å². The zero-order valence-corrected chi connectivity index (χ0v) is 11.1. The molecule has 1 aliphatic rings. The predicted octanol–water partition coefficient (Wildman–Crippen LogP) is 2.61. The molecule has 0 saturated heterocycles. The minimum Gasteiger partial charge on any atom is -0.349 e. The van der Waals surface area contributed by atoms with Gasteiger partial charge in [0.05, 0.1) is 5.57 Å². The van der Waals surface area contributed by atoms with Gasteiger partial charge >= 0.3 is 0 Å². The first-order valence-electron chi connectivity index (χ1n) is 6.54. The van der Waals surface area contributed by atoms with Crippen LogP contribution in [0.3, 0.4) is 0 Å². The summed E-state index contributed by atoms with van der Waals surface area (Å²) < 4.78 is 0. The van der Waals surface area contributed by atoms with Crippen molar-refractivity contribution in [2.45, 2.75) is 58.9 Å². The number of rotatable bonds is 4. The summed E-state index contributed by atoms with van der Waals surface area (Å²) in [6.07, 6.45) is 7.44. The standard InChI is InChI=1S/C14H23NO2/c1-10(2)9-13(11(3)16)14(17)15-12-7-5-4-6-8-12/h9-10,12H,4-8H2,1-3H3,(H,15,17)/b13-9+. The van der Waals surface area contributed by atoms with Crippen molar-refractivity contribution in [2.24, 2.45) is 5.92 Å². The quantitative estimate of drug-likeness (QED) is 0.464. The summed E-state index contributed by atoms with van der Waals surface area (Å²) in [5.41, 5.74) is 0.311. The Labute approximate surface area is 104 Å². The number of carbonyl (C=O) groups is 2. The van der Waals surface area contributed by atoms with E-state index in [4.69, 9.17) is 0 Å². The van der Waals surface area contributed by atoms with Gasteiger partial charge in [0.25, 0.3) is 5.91 Å². The van der Waals surface area contributed by atoms with Gasteiger partial charge in [-0.15, -0.1) is 0 Å². The molecule has 1 fully saturated rings. The zero-order chi connectivity index (χ0) is 12.8. The van der Waals surface area contributed by atoms with E-state index >= 15 is 0 Å². The summed E-state index contributed by atoms with van der Waals surface area (Å²) in [7, 11) is 0. The second kappa shape index (κ2) is 6.58. The minimum absolute atomic E-state index is 0.146. The summed E-state index contributed by atoms with van der Waals surface area (Å²) in [4.78, 5) is 23.4. The first kappa shape index (κ1) is 13.9. The smallest absolute Gasteiger partial charge is 0.254 e. The van der Waals surface area contributed by atoms with Gasteiger partial charge in [0.15, 0.2) is 5.78 Å². The maximum absolute atomic E-state index is 12.0. The van der Waals surface area contributed by atoms with Crippen molar-refractivity contribution < 1.29 is 9.59 Å². The molecule has 0 spiro atoms. The molecule has 0 aromatic heterocycles. The van der Waals surface area contributed by atoms with E-state index in [1.165, 1.54) is 26.2 Å². The molecule has 0 bridgehead atoms. The van der Waals surface area contributed by atoms with E-state index in [1.54, 1.807) is 6.08 Å². The van der Waals surface area contributed by atoms with Gasteiger partial charge < -0.3 is 5.32 Å². The fraction of sp³-hybridized carbons (Fsp3) is 0.714. The molecule has 3 nitrogen and oxygen atoms in total. The molecule has 17 heavy (non-hydrogen) atoms. The average Bonchev–Trinajstić information content (AvgIpc) is 2.26. The van der Waals surface area contributed by atoms with Crippen molar-refractivity contribution >= 4 is 11.7 Å². The normalized spacial score (nSPS) is 18.2. The van der Waals surface area contributed by atoms with Crippen LogP contribution in [0.1, 0.15) is 52.9 Å². The predicted molar refractivity (Wildman–Crippen MR) is 68.6 cm³/mol. The van der Waals surface area contributed by atoms with Crippen LogP contribution < -0.4 is 5.32 Å². The third kappa shape index (κ3) is 4.72. The van der Waals surface area contributed by atoms with Crippen LogP contribution in [0.25, 0.3) is 0 Å². The van der Waals surface area contributed by atoms with E-state index in [2.05, 4.69) is 5.32 Å². The Bertz CT molecular complexity index is 312. The SMILES string of the molecule is CC(=O)/C(=C\C(C)C)C(=O)NC1CCCCC1. The molecule has 3 heteroatoms. The number of hydrogen-bond donors (Lipinski definition) is 1. The van der Waals surface area contributed by atoms with Crippen molar-refractivity contribution in [3.05, 3.63) is 11.6 Å². The van der Waals surface area contributed by atoms with E-state index in [0.29, 0.717) is 5.57 Å². The number of Topliss-reactive ketones (excluding diaryl/α,β-unsaturated/α-hetero) is 1. The van der Waals surface area contributed by atoms with Crippen LogP contribution in [0, 0.1) is 5.92 Å². The molecule has 1 aliphatic carbocycles. The number of hydrogen-bond acceptors (Lipinski definition) is 2. The van der Waals surface area contributed by atoms with Crippen molar-refractivity contribution in [1.29, 1.82) is 0 Å². The van der Waals surface area contributed by atoms with Crippen LogP contribution in [0.4, 0.5) is 0 Å². The summed E-state index contributed by atoms with van der Waals surface area (Å²) in [5, 5.41) is 2.98. The highest BCUT2D eigenvalue weighted by molar-refractivity contribution is 6.18. The van der Waals surface area contributed by atoms with Crippen LogP contribution in [-0.4, -0.2) is 17.7 Å². The van der Waals surface area contributed by atoms with Gasteiger partial charge in [-0.3, -0.25) is 9.59 Å². The highest BCUT2D eigenvalue weighted by atomic mass is 16.2. The summed E-state index contributed by atoms with van der Waals surface area (Å²) in [5.74, 6) is -0.129. The summed E-state index contributed by atoms with van der Waals surface area (Å²) in [6.45, 7) is 5.39. The average molecular weight is 237 g/mol.